The van der Waals surface area contributed by atoms with E-state index in [0.717, 1.165) is 16.8 Å². The van der Waals surface area contributed by atoms with E-state index < -0.39 is 0 Å². The van der Waals surface area contributed by atoms with E-state index in [1.165, 1.54) is 0 Å². The normalized spacial score (nSPS) is 11.1. The molecular weight excluding hydrogens is 292 g/mol. The molecule has 23 heavy (non-hydrogen) atoms. The van der Waals surface area contributed by atoms with Crippen LogP contribution in [0, 0.1) is 6.92 Å². The van der Waals surface area contributed by atoms with Gasteiger partial charge >= 0.3 is 0 Å². The molecule has 120 valence electrons. The summed E-state index contributed by atoms with van der Waals surface area (Å²) in [6, 6.07) is 14.2. The summed E-state index contributed by atoms with van der Waals surface area (Å²) < 4.78 is 5.47. The zero-order valence-electron chi connectivity index (χ0n) is 13.2. The minimum Gasteiger partial charge on any atom is -0.508 e. The molecule has 0 unspecified atom stereocenters. The molecule has 2 aromatic carbocycles. The Balaban J connectivity index is 1.93. The van der Waals surface area contributed by atoms with Crippen LogP contribution in [0.15, 0.2) is 53.6 Å². The number of nitrogens with one attached hydrogen (secondary N) is 1. The van der Waals surface area contributed by atoms with Crippen molar-refractivity contribution >= 4 is 11.6 Å². The number of carbonyl (C=O) groups excluding carboxylic acids is 1. The van der Waals surface area contributed by atoms with Crippen LogP contribution in [0.5, 0.6) is 11.5 Å². The van der Waals surface area contributed by atoms with Gasteiger partial charge in [-0.1, -0.05) is 25.1 Å². The van der Waals surface area contributed by atoms with Gasteiger partial charge in [-0.25, -0.2) is 5.43 Å². The Morgan fingerprint density at radius 1 is 1.17 bits per heavy atom. The Bertz CT molecular complexity index is 694. The molecule has 2 N–H and O–H groups in total. The van der Waals surface area contributed by atoms with Gasteiger partial charge in [0.05, 0.1) is 5.71 Å². The van der Waals surface area contributed by atoms with E-state index in [-0.39, 0.29) is 18.3 Å². The van der Waals surface area contributed by atoms with Crippen molar-refractivity contribution in [1.29, 1.82) is 0 Å². The summed E-state index contributed by atoms with van der Waals surface area (Å²) in [6.07, 6.45) is 0.656. The molecule has 0 aromatic heterocycles. The number of phenols is 1. The van der Waals surface area contributed by atoms with Gasteiger partial charge in [-0.05, 0) is 54.8 Å². The second-order valence-corrected chi connectivity index (χ2v) is 5.05. The highest BCUT2D eigenvalue weighted by Crippen LogP contribution is 2.15. The van der Waals surface area contributed by atoms with Gasteiger partial charge in [0.25, 0.3) is 5.91 Å². The number of rotatable bonds is 6. The van der Waals surface area contributed by atoms with Crippen LogP contribution in [0.3, 0.4) is 0 Å². The highest BCUT2D eigenvalue weighted by molar-refractivity contribution is 6.01. The summed E-state index contributed by atoms with van der Waals surface area (Å²) in [5, 5.41) is 13.4. The van der Waals surface area contributed by atoms with Crippen LogP contribution in [-0.4, -0.2) is 23.3 Å². The number of carbonyl (C=O) groups is 1. The summed E-state index contributed by atoms with van der Waals surface area (Å²) in [5.41, 5.74) is 5.06. The lowest BCUT2D eigenvalue weighted by molar-refractivity contribution is -0.123. The first-order valence-electron chi connectivity index (χ1n) is 7.43. The third kappa shape index (κ3) is 4.85. The molecular formula is C18H20N2O3. The maximum Gasteiger partial charge on any atom is 0.277 e. The average Bonchev–Trinajstić information content (AvgIpc) is 2.56. The van der Waals surface area contributed by atoms with Crippen LogP contribution in [0.25, 0.3) is 0 Å². The molecule has 0 heterocycles. The third-order valence-corrected chi connectivity index (χ3v) is 3.30. The van der Waals surface area contributed by atoms with Crippen molar-refractivity contribution in [1.82, 2.24) is 5.43 Å². The van der Waals surface area contributed by atoms with Gasteiger partial charge in [0, 0.05) is 0 Å². The third-order valence-electron chi connectivity index (χ3n) is 3.30. The van der Waals surface area contributed by atoms with Crippen LogP contribution >= 0.6 is 0 Å². The second-order valence-electron chi connectivity index (χ2n) is 5.05. The van der Waals surface area contributed by atoms with Gasteiger partial charge in [-0.3, -0.25) is 4.79 Å². The maximum absolute atomic E-state index is 11.9. The number of hydrazone groups is 1. The lowest BCUT2D eigenvalue weighted by Crippen LogP contribution is -2.26. The number of aryl methyl sites for hydroxylation is 1. The lowest BCUT2D eigenvalue weighted by Gasteiger charge is -2.08. The van der Waals surface area contributed by atoms with Crippen LogP contribution in [0.4, 0.5) is 0 Å². The summed E-state index contributed by atoms with van der Waals surface area (Å²) in [5.74, 6) is 0.554. The highest BCUT2D eigenvalue weighted by atomic mass is 16.5. The minimum absolute atomic E-state index is 0.0963. The Morgan fingerprint density at radius 3 is 2.52 bits per heavy atom. The van der Waals surface area contributed by atoms with Gasteiger partial charge in [0.2, 0.25) is 0 Å². The Kier molecular flexibility index (Phi) is 5.74. The maximum atomic E-state index is 11.9. The summed E-state index contributed by atoms with van der Waals surface area (Å²) in [7, 11) is 0. The van der Waals surface area contributed by atoms with E-state index >= 15 is 0 Å². The molecule has 0 aliphatic carbocycles. The van der Waals surface area contributed by atoms with E-state index in [1.807, 2.05) is 38.1 Å². The molecule has 1 amide bonds. The fourth-order valence-electron chi connectivity index (χ4n) is 2.03. The zero-order valence-corrected chi connectivity index (χ0v) is 13.2. The van der Waals surface area contributed by atoms with Crippen molar-refractivity contribution in [3.05, 3.63) is 59.7 Å². The number of ether oxygens (including phenoxy) is 1. The van der Waals surface area contributed by atoms with Gasteiger partial charge in [0.15, 0.2) is 6.61 Å². The summed E-state index contributed by atoms with van der Waals surface area (Å²) in [4.78, 5) is 11.9. The molecule has 0 spiro atoms. The van der Waals surface area contributed by atoms with E-state index in [9.17, 15) is 9.90 Å². The Labute approximate surface area is 135 Å². The Morgan fingerprint density at radius 2 is 1.87 bits per heavy atom. The molecule has 0 radical (unpaired) electrons. The van der Waals surface area contributed by atoms with Crippen molar-refractivity contribution in [2.24, 2.45) is 5.10 Å². The molecule has 0 atom stereocenters. The molecule has 0 aliphatic rings. The number of amides is 1. The molecule has 0 saturated heterocycles. The topological polar surface area (TPSA) is 70.9 Å². The predicted octanol–water partition coefficient (Wildman–Crippen LogP) is 3.01. The molecule has 0 aliphatic heterocycles. The summed E-state index contributed by atoms with van der Waals surface area (Å²) in [6.45, 7) is 3.77. The van der Waals surface area contributed by atoms with Crippen LogP contribution in [0.1, 0.15) is 24.5 Å². The van der Waals surface area contributed by atoms with Crippen LogP contribution in [0.2, 0.25) is 0 Å². The van der Waals surface area contributed by atoms with Gasteiger partial charge in [-0.2, -0.15) is 5.10 Å². The predicted molar refractivity (Wildman–Crippen MR) is 89.8 cm³/mol. The van der Waals surface area contributed by atoms with Gasteiger partial charge < -0.3 is 9.84 Å². The zero-order chi connectivity index (χ0) is 16.7. The number of aromatic hydroxyl groups is 1. The number of hydrogen-bond donors (Lipinski definition) is 2. The first-order chi connectivity index (χ1) is 11.1. The largest absolute Gasteiger partial charge is 0.508 e. The van der Waals surface area contributed by atoms with Crippen LogP contribution in [-0.2, 0) is 4.79 Å². The molecule has 0 bridgehead atoms. The fraction of sp³-hybridized carbons (Fsp3) is 0.222. The number of para-hydroxylation sites is 1. The Hall–Kier alpha value is -2.82. The van der Waals surface area contributed by atoms with E-state index in [4.69, 9.17) is 4.74 Å². The molecule has 0 fully saturated rings. The second kappa shape index (κ2) is 7.98. The van der Waals surface area contributed by atoms with Crippen molar-refractivity contribution in [3.63, 3.8) is 0 Å². The molecule has 0 saturated carbocycles. The standard InChI is InChI=1S/C18H20N2O3/c1-3-16(14-8-10-15(21)11-9-14)19-20-18(22)12-23-17-7-5-4-6-13(17)2/h4-11,21H,3,12H2,1-2H3,(H,20,22)/b19-16+. The van der Waals surface area contributed by atoms with E-state index in [2.05, 4.69) is 10.5 Å². The first kappa shape index (κ1) is 16.5. The molecule has 2 aromatic rings. The van der Waals surface area contributed by atoms with Gasteiger partial charge in [-0.15, -0.1) is 0 Å². The number of benzene rings is 2. The SMILES string of the molecule is CC/C(=N\NC(=O)COc1ccccc1C)c1ccc(O)cc1. The lowest BCUT2D eigenvalue weighted by atomic mass is 10.1. The fourth-order valence-corrected chi connectivity index (χ4v) is 2.03. The van der Waals surface area contributed by atoms with Crippen molar-refractivity contribution < 1.29 is 14.6 Å². The molecule has 5 nitrogen and oxygen atoms in total. The summed E-state index contributed by atoms with van der Waals surface area (Å²) >= 11 is 0. The highest BCUT2D eigenvalue weighted by Gasteiger charge is 2.06. The quantitative estimate of drug-likeness (QED) is 0.636. The first-order valence-corrected chi connectivity index (χ1v) is 7.43. The molecule has 2 rings (SSSR count). The van der Waals surface area contributed by atoms with Crippen molar-refractivity contribution in [2.45, 2.75) is 20.3 Å². The molecule has 5 heteroatoms. The van der Waals surface area contributed by atoms with Crippen molar-refractivity contribution in [3.8, 4) is 11.5 Å². The van der Waals surface area contributed by atoms with E-state index in [1.54, 1.807) is 24.3 Å². The van der Waals surface area contributed by atoms with Crippen molar-refractivity contribution in [2.75, 3.05) is 6.61 Å². The smallest absolute Gasteiger partial charge is 0.277 e. The monoisotopic (exact) mass is 312 g/mol. The van der Waals surface area contributed by atoms with Crippen LogP contribution < -0.4 is 10.2 Å². The average molecular weight is 312 g/mol. The number of nitrogens with zero attached hydrogens (tertiary/aromatic N) is 1. The van der Waals surface area contributed by atoms with E-state index in [0.29, 0.717) is 12.2 Å². The van der Waals surface area contributed by atoms with Gasteiger partial charge in [0.1, 0.15) is 11.5 Å². The minimum atomic E-state index is -0.321. The number of hydrogen-bond acceptors (Lipinski definition) is 4. The number of phenolic OH excluding ortho intramolecular Hbond substituents is 1.